The van der Waals surface area contributed by atoms with Crippen LogP contribution in [0.2, 0.25) is 0 Å². The minimum Gasteiger partial charge on any atom is -0.477 e. The molecule has 2 heterocycles. The summed E-state index contributed by atoms with van der Waals surface area (Å²) in [4.78, 5) is 22.6. The lowest BCUT2D eigenvalue weighted by atomic mass is 9.98. The van der Waals surface area contributed by atoms with Gasteiger partial charge in [0.05, 0.1) is 31.5 Å². The van der Waals surface area contributed by atoms with E-state index in [4.69, 9.17) is 9.47 Å². The zero-order valence-corrected chi connectivity index (χ0v) is 12.7. The van der Waals surface area contributed by atoms with Gasteiger partial charge in [0.25, 0.3) is 0 Å². The highest BCUT2D eigenvalue weighted by molar-refractivity contribution is 5.73. The van der Waals surface area contributed by atoms with Crippen LogP contribution in [0.5, 0.6) is 5.88 Å². The highest BCUT2D eigenvalue weighted by Crippen LogP contribution is 2.23. The molecule has 0 aliphatic carbocycles. The van der Waals surface area contributed by atoms with Gasteiger partial charge < -0.3 is 14.4 Å². The summed E-state index contributed by atoms with van der Waals surface area (Å²) in [7, 11) is 0. The molecular formula is C15H23N3O3. The number of hydrogen-bond donors (Lipinski definition) is 0. The highest BCUT2D eigenvalue weighted by Gasteiger charge is 2.27. The van der Waals surface area contributed by atoms with E-state index in [0.717, 1.165) is 31.6 Å². The fraction of sp³-hybridized carbons (Fsp3) is 0.667. The van der Waals surface area contributed by atoms with Crippen molar-refractivity contribution in [3.05, 3.63) is 12.4 Å². The first-order valence-corrected chi connectivity index (χ1v) is 7.61. The number of nitrogens with zero attached hydrogens (tertiary/aromatic N) is 3. The Morgan fingerprint density at radius 2 is 2.29 bits per heavy atom. The van der Waals surface area contributed by atoms with Crippen LogP contribution in [0.25, 0.3) is 0 Å². The summed E-state index contributed by atoms with van der Waals surface area (Å²) >= 11 is 0. The van der Waals surface area contributed by atoms with Crippen molar-refractivity contribution in [2.45, 2.75) is 33.1 Å². The third kappa shape index (κ3) is 4.31. The summed E-state index contributed by atoms with van der Waals surface area (Å²) in [6.45, 7) is 6.44. The molecule has 1 saturated heterocycles. The average molecular weight is 293 g/mol. The van der Waals surface area contributed by atoms with E-state index in [2.05, 4.69) is 14.9 Å². The Morgan fingerprint density at radius 3 is 3.05 bits per heavy atom. The third-order valence-corrected chi connectivity index (χ3v) is 3.42. The van der Waals surface area contributed by atoms with Crippen molar-refractivity contribution >= 4 is 11.8 Å². The van der Waals surface area contributed by atoms with E-state index >= 15 is 0 Å². The number of hydrogen-bond acceptors (Lipinski definition) is 6. The van der Waals surface area contributed by atoms with Crippen LogP contribution in [0.3, 0.4) is 0 Å². The molecule has 0 amide bonds. The number of aromatic nitrogens is 2. The van der Waals surface area contributed by atoms with E-state index in [9.17, 15) is 4.79 Å². The van der Waals surface area contributed by atoms with Gasteiger partial charge in [-0.15, -0.1) is 0 Å². The molecule has 6 nitrogen and oxygen atoms in total. The van der Waals surface area contributed by atoms with Gasteiger partial charge in [-0.05, 0) is 26.2 Å². The van der Waals surface area contributed by atoms with Crippen molar-refractivity contribution in [2.75, 3.05) is 31.2 Å². The zero-order chi connectivity index (χ0) is 15.1. The maximum atomic E-state index is 11.9. The fourth-order valence-corrected chi connectivity index (χ4v) is 2.40. The van der Waals surface area contributed by atoms with Gasteiger partial charge in [-0.3, -0.25) is 9.78 Å². The summed E-state index contributed by atoms with van der Waals surface area (Å²) in [5.41, 5.74) is 0. The van der Waals surface area contributed by atoms with Crippen LogP contribution in [0, 0.1) is 5.92 Å². The van der Waals surface area contributed by atoms with Gasteiger partial charge in [-0.2, -0.15) is 4.98 Å². The molecule has 1 aromatic rings. The molecule has 1 aromatic heterocycles. The molecule has 21 heavy (non-hydrogen) atoms. The Hall–Kier alpha value is -1.85. The molecule has 0 aromatic carbocycles. The van der Waals surface area contributed by atoms with Crippen LogP contribution < -0.4 is 9.64 Å². The molecule has 1 fully saturated rings. The topological polar surface area (TPSA) is 64.5 Å². The predicted octanol–water partition coefficient (Wildman–Crippen LogP) is 2.04. The van der Waals surface area contributed by atoms with Gasteiger partial charge in [-0.25, -0.2) is 0 Å². The molecule has 116 valence electrons. The molecule has 1 aliphatic heterocycles. The molecule has 1 unspecified atom stereocenters. The van der Waals surface area contributed by atoms with Crippen LogP contribution in [-0.4, -0.2) is 42.2 Å². The van der Waals surface area contributed by atoms with Gasteiger partial charge in [0.1, 0.15) is 0 Å². The van der Waals surface area contributed by atoms with Crippen LogP contribution in [0.4, 0.5) is 5.82 Å². The Morgan fingerprint density at radius 1 is 1.43 bits per heavy atom. The van der Waals surface area contributed by atoms with E-state index in [-0.39, 0.29) is 11.9 Å². The number of esters is 1. The summed E-state index contributed by atoms with van der Waals surface area (Å²) in [6.07, 6.45) is 6.08. The van der Waals surface area contributed by atoms with E-state index in [1.807, 2.05) is 13.8 Å². The molecule has 0 bridgehead atoms. The van der Waals surface area contributed by atoms with Crippen molar-refractivity contribution in [1.82, 2.24) is 9.97 Å². The van der Waals surface area contributed by atoms with E-state index < -0.39 is 0 Å². The molecule has 0 saturated carbocycles. The van der Waals surface area contributed by atoms with Crippen molar-refractivity contribution in [2.24, 2.45) is 5.92 Å². The largest absolute Gasteiger partial charge is 0.477 e. The summed E-state index contributed by atoms with van der Waals surface area (Å²) < 4.78 is 10.6. The first-order chi connectivity index (χ1) is 10.2. The number of carbonyl (C=O) groups is 1. The first kappa shape index (κ1) is 15.5. The molecule has 1 aliphatic rings. The van der Waals surface area contributed by atoms with E-state index in [1.54, 1.807) is 12.4 Å². The van der Waals surface area contributed by atoms with Crippen molar-refractivity contribution in [3.8, 4) is 5.88 Å². The van der Waals surface area contributed by atoms with Crippen LogP contribution in [0.1, 0.15) is 33.1 Å². The second kappa shape index (κ2) is 7.81. The zero-order valence-electron chi connectivity index (χ0n) is 12.7. The van der Waals surface area contributed by atoms with E-state index in [1.165, 1.54) is 0 Å². The minimum atomic E-state index is -0.117. The Bertz CT molecular complexity index is 467. The Kier molecular flexibility index (Phi) is 5.78. The highest BCUT2D eigenvalue weighted by atomic mass is 16.5. The second-order valence-corrected chi connectivity index (χ2v) is 5.10. The average Bonchev–Trinajstić information content (AvgIpc) is 2.53. The Balaban J connectivity index is 2.01. The van der Waals surface area contributed by atoms with Crippen LogP contribution in [-0.2, 0) is 9.53 Å². The van der Waals surface area contributed by atoms with Gasteiger partial charge in [-0.1, -0.05) is 6.92 Å². The van der Waals surface area contributed by atoms with Gasteiger partial charge >= 0.3 is 5.97 Å². The summed E-state index contributed by atoms with van der Waals surface area (Å²) in [6, 6.07) is 0. The smallest absolute Gasteiger partial charge is 0.310 e. The monoisotopic (exact) mass is 293 g/mol. The molecule has 0 N–H and O–H groups in total. The number of anilines is 1. The van der Waals surface area contributed by atoms with Gasteiger partial charge in [0, 0.05) is 13.1 Å². The van der Waals surface area contributed by atoms with Crippen molar-refractivity contribution in [3.63, 3.8) is 0 Å². The number of carbonyl (C=O) groups excluding carboxylic acids is 1. The van der Waals surface area contributed by atoms with Gasteiger partial charge in [0.2, 0.25) is 5.88 Å². The van der Waals surface area contributed by atoms with Gasteiger partial charge in [0.15, 0.2) is 5.82 Å². The minimum absolute atomic E-state index is 0.0827. The normalized spacial score (nSPS) is 18.4. The second-order valence-electron chi connectivity index (χ2n) is 5.10. The lowest BCUT2D eigenvalue weighted by molar-refractivity contribution is -0.148. The maximum absolute atomic E-state index is 11.9. The lowest BCUT2D eigenvalue weighted by Crippen LogP contribution is -2.39. The maximum Gasteiger partial charge on any atom is 0.310 e. The molecule has 0 radical (unpaired) electrons. The van der Waals surface area contributed by atoms with Crippen LogP contribution in [0.15, 0.2) is 12.4 Å². The van der Waals surface area contributed by atoms with Crippen molar-refractivity contribution in [1.29, 1.82) is 0 Å². The molecule has 0 spiro atoms. The quantitative estimate of drug-likeness (QED) is 0.748. The number of rotatable bonds is 6. The summed E-state index contributed by atoms with van der Waals surface area (Å²) in [5, 5.41) is 0. The first-order valence-electron chi connectivity index (χ1n) is 7.61. The summed E-state index contributed by atoms with van der Waals surface area (Å²) in [5.74, 6) is 1.10. The van der Waals surface area contributed by atoms with Crippen molar-refractivity contribution < 1.29 is 14.3 Å². The van der Waals surface area contributed by atoms with Crippen LogP contribution >= 0.6 is 0 Å². The standard InChI is InChI=1S/C15H23N3O3/c1-3-8-21-14-10-16-9-13(17-14)18-7-5-6-12(11-18)15(19)20-4-2/h9-10,12H,3-8,11H2,1-2H3. The molecular weight excluding hydrogens is 270 g/mol. The molecule has 2 rings (SSSR count). The molecule has 1 atom stereocenters. The Labute approximate surface area is 125 Å². The SMILES string of the molecule is CCCOc1cncc(N2CCCC(C(=O)OCC)C2)n1. The number of piperidine rings is 1. The molecule has 6 heteroatoms. The number of ether oxygens (including phenoxy) is 2. The lowest BCUT2D eigenvalue weighted by Gasteiger charge is -2.32. The van der Waals surface area contributed by atoms with E-state index in [0.29, 0.717) is 25.6 Å². The third-order valence-electron chi connectivity index (χ3n) is 3.42. The predicted molar refractivity (Wildman–Crippen MR) is 79.4 cm³/mol. The fourth-order valence-electron chi connectivity index (χ4n) is 2.40.